The number of carbonyl (C=O) groups excluding carboxylic acids is 1. The summed E-state index contributed by atoms with van der Waals surface area (Å²) in [6, 6.07) is 5.22. The quantitative estimate of drug-likeness (QED) is 0.884. The van der Waals surface area contributed by atoms with Crippen LogP contribution in [0.4, 0.5) is 14.6 Å². The van der Waals surface area contributed by atoms with Gasteiger partial charge in [-0.3, -0.25) is 14.6 Å². The Kier molecular flexibility index (Phi) is 5.63. The summed E-state index contributed by atoms with van der Waals surface area (Å²) in [6.45, 7) is 6.34. The van der Waals surface area contributed by atoms with Crippen LogP contribution in [0.3, 0.4) is 0 Å². The van der Waals surface area contributed by atoms with Crippen LogP contribution in [0.15, 0.2) is 28.8 Å². The highest BCUT2D eigenvalue weighted by Crippen LogP contribution is 2.26. The first-order chi connectivity index (χ1) is 12.4. The highest BCUT2D eigenvalue weighted by molar-refractivity contribution is 5.91. The predicted octanol–water partition coefficient (Wildman–Crippen LogP) is 2.58. The summed E-state index contributed by atoms with van der Waals surface area (Å²) in [5.41, 5.74) is 0.0973. The molecule has 0 radical (unpaired) electrons. The highest BCUT2D eigenvalue weighted by atomic mass is 19.1. The van der Waals surface area contributed by atoms with Crippen molar-refractivity contribution in [2.45, 2.75) is 19.9 Å². The maximum Gasteiger partial charge on any atom is 0.239 e. The second kappa shape index (κ2) is 7.92. The summed E-state index contributed by atoms with van der Waals surface area (Å²) in [4.78, 5) is 16.1. The Labute approximate surface area is 150 Å². The van der Waals surface area contributed by atoms with Crippen molar-refractivity contribution < 1.29 is 18.1 Å². The van der Waals surface area contributed by atoms with Crippen LogP contribution in [0.2, 0.25) is 0 Å². The van der Waals surface area contributed by atoms with Crippen molar-refractivity contribution in [3.63, 3.8) is 0 Å². The first-order valence-corrected chi connectivity index (χ1v) is 8.57. The van der Waals surface area contributed by atoms with Crippen LogP contribution in [-0.2, 0) is 4.79 Å². The Hall–Kier alpha value is -2.32. The molecule has 1 amide bonds. The summed E-state index contributed by atoms with van der Waals surface area (Å²) in [5, 5.41) is 6.42. The maximum absolute atomic E-state index is 14.0. The summed E-state index contributed by atoms with van der Waals surface area (Å²) in [6.07, 6.45) is 0. The van der Waals surface area contributed by atoms with Gasteiger partial charge in [0.2, 0.25) is 5.91 Å². The van der Waals surface area contributed by atoms with Crippen LogP contribution in [0.5, 0.6) is 0 Å². The van der Waals surface area contributed by atoms with Crippen LogP contribution in [0, 0.1) is 18.6 Å². The van der Waals surface area contributed by atoms with E-state index in [1.807, 2.05) is 9.80 Å². The monoisotopic (exact) mass is 364 g/mol. The molecule has 2 aromatic rings. The van der Waals surface area contributed by atoms with Gasteiger partial charge >= 0.3 is 0 Å². The Morgan fingerprint density at radius 3 is 2.50 bits per heavy atom. The Bertz CT molecular complexity index is 752. The van der Waals surface area contributed by atoms with E-state index in [2.05, 4.69) is 10.5 Å². The minimum absolute atomic E-state index is 0.0973. The van der Waals surface area contributed by atoms with Gasteiger partial charge in [0.15, 0.2) is 5.82 Å². The van der Waals surface area contributed by atoms with Crippen LogP contribution >= 0.6 is 0 Å². The predicted molar refractivity (Wildman–Crippen MR) is 92.7 cm³/mol. The van der Waals surface area contributed by atoms with Crippen molar-refractivity contribution in [1.82, 2.24) is 15.0 Å². The molecule has 0 aliphatic carbocycles. The molecular formula is C18H22F2N4O2. The number of amides is 1. The molecule has 26 heavy (non-hydrogen) atoms. The molecule has 1 unspecified atom stereocenters. The SMILES string of the molecule is Cc1cc(NC(=O)CN2CCN(C(C)c3c(F)cccc3F)CC2)no1. The molecule has 0 saturated carbocycles. The Balaban J connectivity index is 1.51. The lowest BCUT2D eigenvalue weighted by Crippen LogP contribution is -2.49. The second-order valence-corrected chi connectivity index (χ2v) is 6.49. The van der Waals surface area contributed by atoms with E-state index in [0.29, 0.717) is 37.8 Å². The van der Waals surface area contributed by atoms with Gasteiger partial charge in [0.1, 0.15) is 17.4 Å². The molecule has 1 fully saturated rings. The van der Waals surface area contributed by atoms with Gasteiger partial charge in [-0.05, 0) is 26.0 Å². The average Bonchev–Trinajstić information content (AvgIpc) is 3.00. The number of carbonyl (C=O) groups is 1. The van der Waals surface area contributed by atoms with Crippen molar-refractivity contribution in [1.29, 1.82) is 0 Å². The molecule has 3 rings (SSSR count). The van der Waals surface area contributed by atoms with Gasteiger partial charge < -0.3 is 9.84 Å². The number of nitrogens with zero attached hydrogens (tertiary/aromatic N) is 3. The molecule has 0 bridgehead atoms. The Morgan fingerprint density at radius 1 is 1.27 bits per heavy atom. The molecule has 1 saturated heterocycles. The van der Waals surface area contributed by atoms with Crippen LogP contribution in [-0.4, -0.2) is 53.6 Å². The van der Waals surface area contributed by atoms with Crippen molar-refractivity contribution >= 4 is 11.7 Å². The minimum atomic E-state index is -0.526. The van der Waals surface area contributed by atoms with Gasteiger partial charge in [-0.2, -0.15) is 0 Å². The molecule has 1 aliphatic rings. The van der Waals surface area contributed by atoms with Crippen LogP contribution < -0.4 is 5.32 Å². The van der Waals surface area contributed by atoms with E-state index in [-0.39, 0.29) is 24.1 Å². The molecule has 2 heterocycles. The zero-order valence-electron chi connectivity index (χ0n) is 14.8. The number of aryl methyl sites for hydroxylation is 1. The van der Waals surface area contributed by atoms with E-state index in [0.717, 1.165) is 0 Å². The van der Waals surface area contributed by atoms with Gasteiger partial charge in [0.25, 0.3) is 0 Å². The molecule has 0 spiro atoms. The van der Waals surface area contributed by atoms with E-state index in [1.54, 1.807) is 19.9 Å². The van der Waals surface area contributed by atoms with E-state index >= 15 is 0 Å². The minimum Gasteiger partial charge on any atom is -0.360 e. The lowest BCUT2D eigenvalue weighted by atomic mass is 10.0. The van der Waals surface area contributed by atoms with Crippen LogP contribution in [0.1, 0.15) is 24.3 Å². The number of anilines is 1. The fraction of sp³-hybridized carbons (Fsp3) is 0.444. The van der Waals surface area contributed by atoms with E-state index in [9.17, 15) is 13.6 Å². The number of aromatic nitrogens is 1. The lowest BCUT2D eigenvalue weighted by molar-refractivity contribution is -0.117. The molecule has 1 aliphatic heterocycles. The fourth-order valence-electron chi connectivity index (χ4n) is 3.21. The maximum atomic E-state index is 14.0. The third-order valence-electron chi connectivity index (χ3n) is 4.63. The smallest absolute Gasteiger partial charge is 0.239 e. The Morgan fingerprint density at radius 2 is 1.92 bits per heavy atom. The number of piperazine rings is 1. The molecule has 1 atom stereocenters. The molecule has 1 aromatic heterocycles. The zero-order valence-corrected chi connectivity index (χ0v) is 14.8. The number of hydrogen-bond acceptors (Lipinski definition) is 5. The molecule has 140 valence electrons. The lowest BCUT2D eigenvalue weighted by Gasteiger charge is -2.38. The van der Waals surface area contributed by atoms with E-state index < -0.39 is 11.6 Å². The van der Waals surface area contributed by atoms with Gasteiger partial charge in [0.05, 0.1) is 6.54 Å². The van der Waals surface area contributed by atoms with Crippen molar-refractivity contribution in [2.75, 3.05) is 38.0 Å². The molecule has 8 heteroatoms. The van der Waals surface area contributed by atoms with Crippen molar-refractivity contribution in [2.24, 2.45) is 0 Å². The highest BCUT2D eigenvalue weighted by Gasteiger charge is 2.26. The van der Waals surface area contributed by atoms with Gasteiger partial charge in [-0.15, -0.1) is 0 Å². The fourth-order valence-corrected chi connectivity index (χ4v) is 3.21. The largest absolute Gasteiger partial charge is 0.360 e. The summed E-state index contributed by atoms with van der Waals surface area (Å²) in [7, 11) is 0. The van der Waals surface area contributed by atoms with Crippen molar-refractivity contribution in [3.8, 4) is 0 Å². The third kappa shape index (κ3) is 4.25. The van der Waals surface area contributed by atoms with Crippen LogP contribution in [0.25, 0.3) is 0 Å². The molecule has 1 aromatic carbocycles. The molecule has 6 nitrogen and oxygen atoms in total. The third-order valence-corrected chi connectivity index (χ3v) is 4.63. The number of halogens is 2. The standard InChI is InChI=1S/C18H22F2N4O2/c1-12-10-16(22-26-12)21-17(25)11-23-6-8-24(9-7-23)13(2)18-14(19)4-3-5-15(18)20/h3-5,10,13H,6-9,11H2,1-2H3,(H,21,22,25). The summed E-state index contributed by atoms with van der Waals surface area (Å²) in [5.74, 6) is -0.192. The van der Waals surface area contributed by atoms with Gasteiger partial charge in [-0.1, -0.05) is 11.2 Å². The zero-order chi connectivity index (χ0) is 18.7. The topological polar surface area (TPSA) is 61.6 Å². The molecule has 1 N–H and O–H groups in total. The summed E-state index contributed by atoms with van der Waals surface area (Å²) >= 11 is 0. The number of hydrogen-bond donors (Lipinski definition) is 1. The average molecular weight is 364 g/mol. The second-order valence-electron chi connectivity index (χ2n) is 6.49. The number of nitrogens with one attached hydrogen (secondary N) is 1. The van der Waals surface area contributed by atoms with Gasteiger partial charge in [-0.25, -0.2) is 8.78 Å². The molecular weight excluding hydrogens is 342 g/mol. The normalized spacial score (nSPS) is 17.2. The van der Waals surface area contributed by atoms with E-state index in [1.165, 1.54) is 18.2 Å². The van der Waals surface area contributed by atoms with Gasteiger partial charge in [0, 0.05) is 43.9 Å². The first-order valence-electron chi connectivity index (χ1n) is 8.57. The summed E-state index contributed by atoms with van der Waals surface area (Å²) < 4.78 is 32.9. The number of rotatable bonds is 5. The van der Waals surface area contributed by atoms with Crippen molar-refractivity contribution in [3.05, 3.63) is 47.2 Å². The number of benzene rings is 1. The first kappa shape index (κ1) is 18.5. The van der Waals surface area contributed by atoms with E-state index in [4.69, 9.17) is 4.52 Å².